The third-order valence-electron chi connectivity index (χ3n) is 4.63. The van der Waals surface area contributed by atoms with Gasteiger partial charge in [0.25, 0.3) is 5.91 Å². The quantitative estimate of drug-likeness (QED) is 0.735. The predicted molar refractivity (Wildman–Crippen MR) is 95.9 cm³/mol. The molecule has 1 fully saturated rings. The van der Waals surface area contributed by atoms with Gasteiger partial charge in [0.05, 0.1) is 29.2 Å². The first-order valence-corrected chi connectivity index (χ1v) is 8.64. The van der Waals surface area contributed by atoms with Gasteiger partial charge in [0.15, 0.2) is 0 Å². The van der Waals surface area contributed by atoms with Gasteiger partial charge in [-0.05, 0) is 55.5 Å². The first-order chi connectivity index (χ1) is 12.6. The van der Waals surface area contributed by atoms with Crippen LogP contribution >= 0.6 is 0 Å². The van der Waals surface area contributed by atoms with Crippen LogP contribution in [0.5, 0.6) is 0 Å². The molecule has 1 saturated carbocycles. The SMILES string of the molecule is Cc1ccnc(C(NC(=O)c2cn[nH]c2-c2cccc(F)c2)C2CC2)c1. The first-order valence-electron chi connectivity index (χ1n) is 8.64. The molecule has 2 N–H and O–H groups in total. The molecule has 1 aromatic carbocycles. The highest BCUT2D eigenvalue weighted by Gasteiger charge is 2.35. The maximum atomic E-state index is 13.5. The van der Waals surface area contributed by atoms with Crippen molar-refractivity contribution in [2.24, 2.45) is 5.92 Å². The van der Waals surface area contributed by atoms with Crippen molar-refractivity contribution in [1.82, 2.24) is 20.5 Å². The highest BCUT2D eigenvalue weighted by Crippen LogP contribution is 2.40. The van der Waals surface area contributed by atoms with Gasteiger partial charge in [-0.1, -0.05) is 12.1 Å². The van der Waals surface area contributed by atoms with E-state index in [1.54, 1.807) is 18.3 Å². The Kier molecular flexibility index (Phi) is 4.24. The number of aromatic nitrogens is 3. The van der Waals surface area contributed by atoms with Crippen LogP contribution in [0.4, 0.5) is 4.39 Å². The minimum Gasteiger partial charge on any atom is -0.343 e. The fraction of sp³-hybridized carbons (Fsp3) is 0.250. The molecular weight excluding hydrogens is 331 g/mol. The van der Waals surface area contributed by atoms with E-state index < -0.39 is 0 Å². The van der Waals surface area contributed by atoms with Crippen LogP contribution in [0.3, 0.4) is 0 Å². The molecule has 6 heteroatoms. The molecule has 132 valence electrons. The van der Waals surface area contributed by atoms with Gasteiger partial charge < -0.3 is 5.32 Å². The average Bonchev–Trinajstić information content (AvgIpc) is 3.34. The molecule has 5 nitrogen and oxygen atoms in total. The molecular formula is C20H19FN4O. The van der Waals surface area contributed by atoms with Gasteiger partial charge in [-0.15, -0.1) is 0 Å². The van der Waals surface area contributed by atoms with Crippen LogP contribution in [0.15, 0.2) is 48.8 Å². The van der Waals surface area contributed by atoms with E-state index in [-0.39, 0.29) is 17.8 Å². The monoisotopic (exact) mass is 350 g/mol. The Labute approximate surface area is 150 Å². The molecule has 1 aliphatic carbocycles. The standard InChI is InChI=1S/C20H19FN4O/c1-12-7-8-22-17(9-12)19(13-5-6-13)24-20(26)16-11-23-25-18(16)14-3-2-4-15(21)10-14/h2-4,7-11,13,19H,5-6H2,1H3,(H,23,25)(H,24,26). The van der Waals surface area contributed by atoms with Gasteiger partial charge in [-0.3, -0.25) is 14.9 Å². The number of amides is 1. The molecule has 2 heterocycles. The van der Waals surface area contributed by atoms with E-state index in [0.29, 0.717) is 22.7 Å². The van der Waals surface area contributed by atoms with E-state index in [1.807, 2.05) is 19.1 Å². The van der Waals surface area contributed by atoms with E-state index in [2.05, 4.69) is 20.5 Å². The lowest BCUT2D eigenvalue weighted by molar-refractivity contribution is 0.0931. The van der Waals surface area contributed by atoms with E-state index >= 15 is 0 Å². The van der Waals surface area contributed by atoms with Crippen LogP contribution in [0.2, 0.25) is 0 Å². The fourth-order valence-electron chi connectivity index (χ4n) is 3.13. The summed E-state index contributed by atoms with van der Waals surface area (Å²) in [6.07, 6.45) is 5.39. The summed E-state index contributed by atoms with van der Waals surface area (Å²) in [5.74, 6) is -0.195. The number of benzene rings is 1. The fourth-order valence-corrected chi connectivity index (χ4v) is 3.13. The zero-order valence-corrected chi connectivity index (χ0v) is 14.4. The number of rotatable bonds is 5. The average molecular weight is 350 g/mol. The number of aryl methyl sites for hydroxylation is 1. The lowest BCUT2D eigenvalue weighted by atomic mass is 10.0. The summed E-state index contributed by atoms with van der Waals surface area (Å²) in [6.45, 7) is 2.01. The van der Waals surface area contributed by atoms with Gasteiger partial charge in [0.2, 0.25) is 0 Å². The maximum Gasteiger partial charge on any atom is 0.255 e. The van der Waals surface area contributed by atoms with Gasteiger partial charge in [0, 0.05) is 11.8 Å². The molecule has 0 spiro atoms. The Morgan fingerprint density at radius 2 is 2.15 bits per heavy atom. The third kappa shape index (κ3) is 3.35. The Morgan fingerprint density at radius 3 is 2.88 bits per heavy atom. The normalized spacial score (nSPS) is 14.8. The Morgan fingerprint density at radius 1 is 1.31 bits per heavy atom. The summed E-state index contributed by atoms with van der Waals surface area (Å²) < 4.78 is 13.5. The highest BCUT2D eigenvalue weighted by atomic mass is 19.1. The van der Waals surface area contributed by atoms with Crippen molar-refractivity contribution in [2.45, 2.75) is 25.8 Å². The zero-order valence-electron chi connectivity index (χ0n) is 14.4. The lowest BCUT2D eigenvalue weighted by Gasteiger charge is -2.18. The number of H-pyrrole nitrogens is 1. The van der Waals surface area contributed by atoms with Crippen molar-refractivity contribution in [3.05, 3.63) is 71.4 Å². The predicted octanol–water partition coefficient (Wildman–Crippen LogP) is 3.80. The van der Waals surface area contributed by atoms with Crippen LogP contribution in [-0.4, -0.2) is 21.1 Å². The lowest BCUT2D eigenvalue weighted by Crippen LogP contribution is -2.30. The number of hydrogen-bond donors (Lipinski definition) is 2. The number of halogens is 1. The van der Waals surface area contributed by atoms with Crippen molar-refractivity contribution in [2.75, 3.05) is 0 Å². The second-order valence-electron chi connectivity index (χ2n) is 6.72. The van der Waals surface area contributed by atoms with Gasteiger partial charge >= 0.3 is 0 Å². The zero-order chi connectivity index (χ0) is 18.1. The number of carbonyl (C=O) groups is 1. The smallest absolute Gasteiger partial charge is 0.255 e. The van der Waals surface area contributed by atoms with Gasteiger partial charge in [-0.2, -0.15) is 5.10 Å². The Hall–Kier alpha value is -3.02. The maximum absolute atomic E-state index is 13.5. The second kappa shape index (κ2) is 6.71. The molecule has 1 unspecified atom stereocenters. The van der Waals surface area contributed by atoms with E-state index in [9.17, 15) is 9.18 Å². The third-order valence-corrected chi connectivity index (χ3v) is 4.63. The second-order valence-corrected chi connectivity index (χ2v) is 6.72. The molecule has 1 atom stereocenters. The largest absolute Gasteiger partial charge is 0.343 e. The van der Waals surface area contributed by atoms with Crippen LogP contribution in [0.1, 0.15) is 40.5 Å². The molecule has 3 aromatic rings. The molecule has 0 bridgehead atoms. The number of nitrogens with zero attached hydrogens (tertiary/aromatic N) is 2. The number of aromatic amines is 1. The summed E-state index contributed by atoms with van der Waals surface area (Å²) >= 11 is 0. The van der Waals surface area contributed by atoms with E-state index in [1.165, 1.54) is 18.3 Å². The molecule has 0 aliphatic heterocycles. The van der Waals surface area contributed by atoms with Crippen LogP contribution in [0.25, 0.3) is 11.3 Å². The summed E-state index contributed by atoms with van der Waals surface area (Å²) in [7, 11) is 0. The van der Waals surface area contributed by atoms with Crippen molar-refractivity contribution in [3.63, 3.8) is 0 Å². The Bertz CT molecular complexity index is 948. The topological polar surface area (TPSA) is 70.7 Å². The van der Waals surface area contributed by atoms with Crippen molar-refractivity contribution in [3.8, 4) is 11.3 Å². The molecule has 1 amide bonds. The van der Waals surface area contributed by atoms with Crippen molar-refractivity contribution in [1.29, 1.82) is 0 Å². The number of hydrogen-bond acceptors (Lipinski definition) is 3. The van der Waals surface area contributed by atoms with Gasteiger partial charge in [0.1, 0.15) is 5.82 Å². The van der Waals surface area contributed by atoms with Crippen LogP contribution < -0.4 is 5.32 Å². The number of carbonyl (C=O) groups excluding carboxylic acids is 1. The van der Waals surface area contributed by atoms with Gasteiger partial charge in [-0.25, -0.2) is 4.39 Å². The minimum absolute atomic E-state index is 0.127. The van der Waals surface area contributed by atoms with Crippen LogP contribution in [-0.2, 0) is 0 Å². The number of nitrogens with one attached hydrogen (secondary N) is 2. The molecule has 0 saturated heterocycles. The highest BCUT2D eigenvalue weighted by molar-refractivity contribution is 5.99. The van der Waals surface area contributed by atoms with Crippen molar-refractivity contribution >= 4 is 5.91 Å². The minimum atomic E-state index is -0.358. The number of pyridine rings is 1. The Balaban J connectivity index is 1.61. The molecule has 2 aromatic heterocycles. The van der Waals surface area contributed by atoms with Crippen molar-refractivity contribution < 1.29 is 9.18 Å². The molecule has 26 heavy (non-hydrogen) atoms. The summed E-state index contributed by atoms with van der Waals surface area (Å²) in [5, 5.41) is 9.88. The summed E-state index contributed by atoms with van der Waals surface area (Å²) in [5.41, 5.74) is 3.47. The van der Waals surface area contributed by atoms with E-state index in [4.69, 9.17) is 0 Å². The van der Waals surface area contributed by atoms with Crippen LogP contribution in [0, 0.1) is 18.7 Å². The molecule has 1 aliphatic rings. The summed E-state index contributed by atoms with van der Waals surface area (Å²) in [6, 6.07) is 9.92. The van der Waals surface area contributed by atoms with E-state index in [0.717, 1.165) is 24.1 Å². The molecule has 0 radical (unpaired) electrons. The molecule has 4 rings (SSSR count). The summed E-state index contributed by atoms with van der Waals surface area (Å²) in [4.78, 5) is 17.3. The first kappa shape index (κ1) is 16.4.